The van der Waals surface area contributed by atoms with Gasteiger partial charge in [-0.15, -0.1) is 0 Å². The van der Waals surface area contributed by atoms with Gasteiger partial charge in [-0.25, -0.2) is 8.42 Å². The second-order valence-electron chi connectivity index (χ2n) is 7.89. The molecule has 1 aliphatic heterocycles. The van der Waals surface area contributed by atoms with E-state index in [2.05, 4.69) is 5.32 Å². The van der Waals surface area contributed by atoms with Crippen LogP contribution in [0.5, 0.6) is 0 Å². The Balaban J connectivity index is 1.60. The number of carbonyl (C=O) groups excluding carboxylic acids is 3. The first-order valence-corrected chi connectivity index (χ1v) is 12.2. The monoisotopic (exact) mass is 457 g/mol. The van der Waals surface area contributed by atoms with Gasteiger partial charge in [0.05, 0.1) is 11.9 Å². The average Bonchev–Trinajstić information content (AvgIpc) is 3.15. The van der Waals surface area contributed by atoms with E-state index in [1.54, 1.807) is 18.2 Å². The summed E-state index contributed by atoms with van der Waals surface area (Å²) in [6, 6.07) is 13.8. The molecule has 1 saturated heterocycles. The van der Waals surface area contributed by atoms with Crippen molar-refractivity contribution in [3.63, 3.8) is 0 Å². The molecule has 1 heterocycles. The number of ketones is 1. The highest BCUT2D eigenvalue weighted by Crippen LogP contribution is 2.19. The molecule has 2 aromatic carbocycles. The molecule has 0 saturated carbocycles. The van der Waals surface area contributed by atoms with Crippen molar-refractivity contribution in [2.24, 2.45) is 0 Å². The standard InChI is InChI=1S/C23H27N3O5S/c1-17(27)20-5-3-6-21(13-20)26(32(2,30)31)16-22(28)24-14-18-8-10-19(11-9-18)15-25-12-4-7-23(25)29/h3,5-6,8-11,13H,4,7,12,14-16H2,1-2H3,(H,24,28). The highest BCUT2D eigenvalue weighted by molar-refractivity contribution is 7.92. The van der Waals surface area contributed by atoms with Crippen molar-refractivity contribution in [1.82, 2.24) is 10.2 Å². The Morgan fingerprint density at radius 3 is 2.38 bits per heavy atom. The second kappa shape index (κ2) is 9.95. The van der Waals surface area contributed by atoms with E-state index in [0.29, 0.717) is 18.5 Å². The quantitative estimate of drug-likeness (QED) is 0.581. The van der Waals surface area contributed by atoms with Crippen LogP contribution in [0.15, 0.2) is 48.5 Å². The van der Waals surface area contributed by atoms with Crippen molar-refractivity contribution in [1.29, 1.82) is 0 Å². The molecule has 0 radical (unpaired) electrons. The SMILES string of the molecule is CC(=O)c1cccc(N(CC(=O)NCc2ccc(CN3CCCC3=O)cc2)S(C)(=O)=O)c1. The second-order valence-corrected chi connectivity index (χ2v) is 9.80. The molecular formula is C23H27N3O5S. The van der Waals surface area contributed by atoms with Crippen molar-refractivity contribution >= 4 is 33.3 Å². The number of hydrogen-bond donors (Lipinski definition) is 1. The van der Waals surface area contributed by atoms with Crippen LogP contribution in [0.2, 0.25) is 0 Å². The number of carbonyl (C=O) groups is 3. The van der Waals surface area contributed by atoms with Crippen molar-refractivity contribution < 1.29 is 22.8 Å². The fourth-order valence-electron chi connectivity index (χ4n) is 3.52. The van der Waals surface area contributed by atoms with E-state index in [4.69, 9.17) is 0 Å². The molecule has 0 bridgehead atoms. The third kappa shape index (κ3) is 6.16. The summed E-state index contributed by atoms with van der Waals surface area (Å²) < 4.78 is 25.5. The van der Waals surface area contributed by atoms with Gasteiger partial charge in [0.1, 0.15) is 6.54 Å². The molecule has 9 heteroatoms. The summed E-state index contributed by atoms with van der Waals surface area (Å²) in [4.78, 5) is 37.7. The van der Waals surface area contributed by atoms with Gasteiger partial charge in [-0.05, 0) is 36.6 Å². The molecule has 2 aromatic rings. The Hall–Kier alpha value is -3.20. The first-order valence-electron chi connectivity index (χ1n) is 10.3. The summed E-state index contributed by atoms with van der Waals surface area (Å²) in [6.07, 6.45) is 2.52. The van der Waals surface area contributed by atoms with E-state index in [1.807, 2.05) is 29.2 Å². The van der Waals surface area contributed by atoms with E-state index in [-0.39, 0.29) is 23.9 Å². The summed E-state index contributed by atoms with van der Waals surface area (Å²) in [5, 5.41) is 2.73. The van der Waals surface area contributed by atoms with Crippen molar-refractivity contribution in [3.8, 4) is 0 Å². The maximum absolute atomic E-state index is 12.5. The maximum atomic E-state index is 12.5. The van der Waals surface area contributed by atoms with Gasteiger partial charge in [0.2, 0.25) is 21.8 Å². The lowest BCUT2D eigenvalue weighted by Gasteiger charge is -2.22. The number of sulfonamides is 1. The third-order valence-corrected chi connectivity index (χ3v) is 6.43. The number of hydrogen-bond acceptors (Lipinski definition) is 5. The minimum Gasteiger partial charge on any atom is -0.350 e. The number of rotatable bonds is 9. The van der Waals surface area contributed by atoms with Gasteiger partial charge >= 0.3 is 0 Å². The highest BCUT2D eigenvalue weighted by Gasteiger charge is 2.22. The lowest BCUT2D eigenvalue weighted by molar-refractivity contribution is -0.128. The molecule has 3 rings (SSSR count). The van der Waals surface area contributed by atoms with Crippen LogP contribution in [0.4, 0.5) is 5.69 Å². The summed E-state index contributed by atoms with van der Waals surface area (Å²) in [7, 11) is -3.73. The molecule has 0 unspecified atom stereocenters. The number of nitrogens with zero attached hydrogens (tertiary/aromatic N) is 2. The van der Waals surface area contributed by atoms with Gasteiger partial charge in [-0.3, -0.25) is 18.7 Å². The van der Waals surface area contributed by atoms with Crippen LogP contribution in [-0.4, -0.2) is 50.3 Å². The predicted octanol–water partition coefficient (Wildman–Crippen LogP) is 2.09. The van der Waals surface area contributed by atoms with Gasteiger partial charge in [0, 0.05) is 31.6 Å². The molecule has 1 aliphatic rings. The number of Topliss-reactive ketones (excluding diaryl/α,β-unsaturated/α-hetero) is 1. The molecule has 0 spiro atoms. The number of benzene rings is 2. The maximum Gasteiger partial charge on any atom is 0.241 e. The minimum atomic E-state index is -3.73. The van der Waals surface area contributed by atoms with Gasteiger partial charge in [0.15, 0.2) is 5.78 Å². The summed E-state index contributed by atoms with van der Waals surface area (Å²) >= 11 is 0. The van der Waals surface area contributed by atoms with E-state index in [1.165, 1.54) is 13.0 Å². The molecule has 0 aromatic heterocycles. The van der Waals surface area contributed by atoms with E-state index >= 15 is 0 Å². The minimum absolute atomic E-state index is 0.172. The zero-order chi connectivity index (χ0) is 23.3. The lowest BCUT2D eigenvalue weighted by Crippen LogP contribution is -2.40. The Morgan fingerprint density at radius 2 is 1.78 bits per heavy atom. The smallest absolute Gasteiger partial charge is 0.241 e. The fraction of sp³-hybridized carbons (Fsp3) is 0.348. The summed E-state index contributed by atoms with van der Waals surface area (Å²) in [5.41, 5.74) is 2.51. The number of likely N-dealkylation sites (tertiary alicyclic amines) is 1. The van der Waals surface area contributed by atoms with Crippen LogP contribution in [0.1, 0.15) is 41.3 Å². The zero-order valence-corrected chi connectivity index (χ0v) is 19.0. The molecule has 8 nitrogen and oxygen atoms in total. The molecule has 0 atom stereocenters. The summed E-state index contributed by atoms with van der Waals surface area (Å²) in [6.45, 7) is 2.60. The molecule has 1 fully saturated rings. The highest BCUT2D eigenvalue weighted by atomic mass is 32.2. The lowest BCUT2D eigenvalue weighted by atomic mass is 10.1. The van der Waals surface area contributed by atoms with E-state index < -0.39 is 22.5 Å². The molecule has 170 valence electrons. The number of amides is 2. The molecule has 1 N–H and O–H groups in total. The van der Waals surface area contributed by atoms with Crippen LogP contribution >= 0.6 is 0 Å². The van der Waals surface area contributed by atoms with Crippen molar-refractivity contribution in [2.75, 3.05) is 23.7 Å². The normalized spacial score (nSPS) is 13.8. The average molecular weight is 458 g/mol. The largest absolute Gasteiger partial charge is 0.350 e. The van der Waals surface area contributed by atoms with Gasteiger partial charge < -0.3 is 10.2 Å². The van der Waals surface area contributed by atoms with Crippen LogP contribution in [0.25, 0.3) is 0 Å². The van der Waals surface area contributed by atoms with Crippen molar-refractivity contribution in [2.45, 2.75) is 32.9 Å². The Kier molecular flexibility index (Phi) is 7.29. The topological polar surface area (TPSA) is 104 Å². The Bertz CT molecular complexity index is 1110. The van der Waals surface area contributed by atoms with Crippen LogP contribution < -0.4 is 9.62 Å². The van der Waals surface area contributed by atoms with Gasteiger partial charge in [-0.1, -0.05) is 36.4 Å². The van der Waals surface area contributed by atoms with Crippen LogP contribution in [0.3, 0.4) is 0 Å². The van der Waals surface area contributed by atoms with Crippen molar-refractivity contribution in [3.05, 3.63) is 65.2 Å². The van der Waals surface area contributed by atoms with Gasteiger partial charge in [-0.2, -0.15) is 0 Å². The van der Waals surface area contributed by atoms with Crippen LogP contribution in [-0.2, 0) is 32.7 Å². The zero-order valence-electron chi connectivity index (χ0n) is 18.2. The first-order chi connectivity index (χ1) is 15.1. The van der Waals surface area contributed by atoms with Crippen LogP contribution in [0, 0.1) is 0 Å². The first kappa shape index (κ1) is 23.5. The molecule has 0 aliphatic carbocycles. The molecule has 2 amide bonds. The third-order valence-electron chi connectivity index (χ3n) is 5.29. The molecular weight excluding hydrogens is 430 g/mol. The van der Waals surface area contributed by atoms with E-state index in [9.17, 15) is 22.8 Å². The predicted molar refractivity (Wildman–Crippen MR) is 122 cm³/mol. The van der Waals surface area contributed by atoms with Gasteiger partial charge in [0.25, 0.3) is 0 Å². The molecule has 32 heavy (non-hydrogen) atoms. The Labute approximate surface area is 188 Å². The Morgan fingerprint density at radius 1 is 1.09 bits per heavy atom. The number of anilines is 1. The fourth-order valence-corrected chi connectivity index (χ4v) is 4.37. The summed E-state index contributed by atoms with van der Waals surface area (Å²) in [5.74, 6) is -0.483. The number of nitrogens with one attached hydrogen (secondary N) is 1. The van der Waals surface area contributed by atoms with E-state index in [0.717, 1.165) is 34.7 Å².